The summed E-state index contributed by atoms with van der Waals surface area (Å²) >= 11 is 0. The first-order chi connectivity index (χ1) is 29.8. The first-order valence-corrected chi connectivity index (χ1v) is 27.9. The van der Waals surface area contributed by atoms with Gasteiger partial charge < -0.3 is 14.4 Å². The number of phosphoric ester groups is 1. The third-order valence-electron chi connectivity index (χ3n) is 12.0. The van der Waals surface area contributed by atoms with Gasteiger partial charge in [-0.3, -0.25) is 18.6 Å². The molecule has 0 aromatic rings. The zero-order valence-electron chi connectivity index (χ0n) is 40.6. The molecule has 61 heavy (non-hydrogen) atoms. The van der Waals surface area contributed by atoms with Crippen molar-refractivity contribution in [3.8, 4) is 0 Å². The van der Waals surface area contributed by atoms with E-state index >= 15 is 0 Å². The van der Waals surface area contributed by atoms with E-state index in [9.17, 15) is 19.0 Å². The van der Waals surface area contributed by atoms with E-state index in [1.54, 1.807) is 0 Å². The standard InChI is InChI=1S/C52H101O8P/c1-4-6-8-10-12-14-16-18-20-22-24-25-26-27-29-31-33-35-37-39-41-43-45-47-52(54)60-50(49-59-61(55,56)57-3)48-58-51(53)46-44-42-40-38-36-34-32-30-28-23-21-19-17-15-13-11-9-7-5-2/h22,24,50H,4-21,23,25-49H2,1-3H3,(H,55,56)/b24-22-. The summed E-state index contributed by atoms with van der Waals surface area (Å²) < 4.78 is 32.2. The molecule has 0 aromatic carbocycles. The smallest absolute Gasteiger partial charge is 0.462 e. The van der Waals surface area contributed by atoms with E-state index in [1.807, 2.05) is 0 Å². The Labute approximate surface area is 378 Å². The number of rotatable bonds is 50. The van der Waals surface area contributed by atoms with E-state index in [1.165, 1.54) is 218 Å². The van der Waals surface area contributed by atoms with Gasteiger partial charge in [0.25, 0.3) is 0 Å². The molecule has 0 rings (SSSR count). The average molecular weight is 885 g/mol. The number of esters is 2. The van der Waals surface area contributed by atoms with Gasteiger partial charge in [-0.1, -0.05) is 244 Å². The van der Waals surface area contributed by atoms with Crippen LogP contribution in [0.2, 0.25) is 0 Å². The molecule has 0 heterocycles. The second-order valence-corrected chi connectivity index (χ2v) is 19.6. The Morgan fingerprint density at radius 2 is 0.738 bits per heavy atom. The summed E-state index contributed by atoms with van der Waals surface area (Å²) in [5.74, 6) is -0.785. The lowest BCUT2D eigenvalue weighted by Gasteiger charge is -2.19. The van der Waals surface area contributed by atoms with E-state index < -0.39 is 26.5 Å². The van der Waals surface area contributed by atoms with Gasteiger partial charge in [0.15, 0.2) is 6.10 Å². The molecule has 0 aromatic heterocycles. The highest BCUT2D eigenvalue weighted by molar-refractivity contribution is 7.47. The molecule has 2 atom stereocenters. The van der Waals surface area contributed by atoms with Crippen molar-refractivity contribution < 1.29 is 37.6 Å². The van der Waals surface area contributed by atoms with Gasteiger partial charge in [0.2, 0.25) is 0 Å². The molecule has 0 saturated heterocycles. The zero-order valence-corrected chi connectivity index (χ0v) is 41.5. The Balaban J connectivity index is 3.84. The third-order valence-corrected chi connectivity index (χ3v) is 12.9. The average Bonchev–Trinajstić information content (AvgIpc) is 3.25. The maximum absolute atomic E-state index is 12.6. The molecular formula is C52H101O8P. The minimum atomic E-state index is -4.26. The van der Waals surface area contributed by atoms with Crippen molar-refractivity contribution >= 4 is 19.8 Å². The Kier molecular flexibility index (Phi) is 47.3. The number of ether oxygens (including phenoxy) is 2. The van der Waals surface area contributed by atoms with Gasteiger partial charge in [-0.2, -0.15) is 0 Å². The Bertz CT molecular complexity index is 1000. The molecule has 0 aliphatic heterocycles. The fourth-order valence-corrected chi connectivity index (χ4v) is 8.41. The first kappa shape index (κ1) is 59.8. The van der Waals surface area contributed by atoms with E-state index in [-0.39, 0.29) is 19.0 Å². The van der Waals surface area contributed by atoms with Crippen LogP contribution in [0.3, 0.4) is 0 Å². The molecule has 0 radical (unpaired) electrons. The summed E-state index contributed by atoms with van der Waals surface area (Å²) in [6.07, 6.45) is 55.7. The maximum atomic E-state index is 12.6. The van der Waals surface area contributed by atoms with E-state index in [2.05, 4.69) is 30.5 Å². The fourth-order valence-electron chi connectivity index (χ4n) is 7.95. The molecule has 0 aliphatic carbocycles. The fraction of sp³-hybridized carbons (Fsp3) is 0.923. The summed E-state index contributed by atoms with van der Waals surface area (Å²) in [6.45, 7) is 3.94. The molecule has 9 heteroatoms. The van der Waals surface area contributed by atoms with Crippen LogP contribution in [0.4, 0.5) is 0 Å². The molecular weight excluding hydrogens is 784 g/mol. The van der Waals surface area contributed by atoms with Gasteiger partial charge in [0.05, 0.1) is 6.61 Å². The van der Waals surface area contributed by atoms with Crippen molar-refractivity contribution in [3.05, 3.63) is 12.2 Å². The lowest BCUT2D eigenvalue weighted by molar-refractivity contribution is -0.161. The molecule has 0 aliphatic rings. The second-order valence-electron chi connectivity index (χ2n) is 18.0. The Morgan fingerprint density at radius 3 is 1.07 bits per heavy atom. The van der Waals surface area contributed by atoms with Crippen LogP contribution in [-0.4, -0.2) is 43.3 Å². The summed E-state index contributed by atoms with van der Waals surface area (Å²) in [5, 5.41) is 0. The van der Waals surface area contributed by atoms with Crippen LogP contribution in [0.15, 0.2) is 12.2 Å². The summed E-state index contributed by atoms with van der Waals surface area (Å²) in [6, 6.07) is 0. The van der Waals surface area contributed by atoms with E-state index in [4.69, 9.17) is 14.0 Å². The number of hydrogen-bond acceptors (Lipinski definition) is 7. The number of phosphoric acid groups is 1. The number of allylic oxidation sites excluding steroid dienone is 2. The summed E-state index contributed by atoms with van der Waals surface area (Å²) in [5.41, 5.74) is 0. The van der Waals surface area contributed by atoms with Crippen LogP contribution in [-0.2, 0) is 32.7 Å². The molecule has 2 unspecified atom stereocenters. The van der Waals surface area contributed by atoms with Gasteiger partial charge >= 0.3 is 19.8 Å². The molecule has 0 bridgehead atoms. The normalized spacial score (nSPS) is 13.2. The zero-order chi connectivity index (χ0) is 44.6. The van der Waals surface area contributed by atoms with Gasteiger partial charge in [-0.25, -0.2) is 4.57 Å². The summed E-state index contributed by atoms with van der Waals surface area (Å²) in [7, 11) is -3.19. The first-order valence-electron chi connectivity index (χ1n) is 26.4. The highest BCUT2D eigenvalue weighted by atomic mass is 31.2. The van der Waals surface area contributed by atoms with Crippen LogP contribution in [0.25, 0.3) is 0 Å². The van der Waals surface area contributed by atoms with Crippen LogP contribution in [0, 0.1) is 0 Å². The lowest BCUT2D eigenvalue weighted by atomic mass is 10.0. The van der Waals surface area contributed by atoms with Gasteiger partial charge in [-0.05, 0) is 38.5 Å². The lowest BCUT2D eigenvalue weighted by Crippen LogP contribution is -2.29. The molecule has 0 amide bonds. The van der Waals surface area contributed by atoms with Crippen LogP contribution in [0.1, 0.15) is 284 Å². The van der Waals surface area contributed by atoms with Crippen molar-refractivity contribution in [2.24, 2.45) is 0 Å². The van der Waals surface area contributed by atoms with Crippen molar-refractivity contribution in [1.29, 1.82) is 0 Å². The SMILES string of the molecule is CCCCCCCCCC/C=C\CCCCCCCCCCCCCC(=O)OC(COC(=O)CCCCCCCCCCCCCCCCCCCCC)COP(=O)(O)OC. The third kappa shape index (κ3) is 48.1. The molecule has 0 spiro atoms. The van der Waals surface area contributed by atoms with Crippen molar-refractivity contribution in [2.75, 3.05) is 20.3 Å². The monoisotopic (exact) mass is 885 g/mol. The highest BCUT2D eigenvalue weighted by Crippen LogP contribution is 2.42. The minimum absolute atomic E-state index is 0.218. The highest BCUT2D eigenvalue weighted by Gasteiger charge is 2.24. The summed E-state index contributed by atoms with van der Waals surface area (Å²) in [4.78, 5) is 34.7. The molecule has 1 N–H and O–H groups in total. The molecule has 0 fully saturated rings. The van der Waals surface area contributed by atoms with Crippen LogP contribution >= 0.6 is 7.82 Å². The minimum Gasteiger partial charge on any atom is -0.462 e. The topological polar surface area (TPSA) is 108 Å². The molecule has 0 saturated carbocycles. The quantitative estimate of drug-likeness (QED) is 0.0278. The number of hydrogen-bond donors (Lipinski definition) is 1. The second kappa shape index (κ2) is 48.3. The van der Waals surface area contributed by atoms with Gasteiger partial charge in [0.1, 0.15) is 6.61 Å². The van der Waals surface area contributed by atoms with Gasteiger partial charge in [-0.15, -0.1) is 0 Å². The van der Waals surface area contributed by atoms with E-state index in [0.29, 0.717) is 6.42 Å². The van der Waals surface area contributed by atoms with E-state index in [0.717, 1.165) is 45.6 Å². The van der Waals surface area contributed by atoms with Crippen molar-refractivity contribution in [2.45, 2.75) is 290 Å². The van der Waals surface area contributed by atoms with Crippen LogP contribution in [0.5, 0.6) is 0 Å². The Hall–Kier alpha value is -1.21. The van der Waals surface area contributed by atoms with Crippen molar-refractivity contribution in [1.82, 2.24) is 0 Å². The Morgan fingerprint density at radius 1 is 0.443 bits per heavy atom. The number of unbranched alkanes of at least 4 members (excludes halogenated alkanes) is 37. The predicted molar refractivity (Wildman–Crippen MR) is 258 cm³/mol. The largest absolute Gasteiger partial charge is 0.472 e. The van der Waals surface area contributed by atoms with Crippen LogP contribution < -0.4 is 0 Å². The molecule has 362 valence electrons. The predicted octanol–water partition coefficient (Wildman–Crippen LogP) is 17.2. The number of carbonyl (C=O) groups is 2. The van der Waals surface area contributed by atoms with Crippen molar-refractivity contribution in [3.63, 3.8) is 0 Å². The maximum Gasteiger partial charge on any atom is 0.472 e. The molecule has 8 nitrogen and oxygen atoms in total. The van der Waals surface area contributed by atoms with Gasteiger partial charge in [0, 0.05) is 20.0 Å². The number of carbonyl (C=O) groups excluding carboxylic acids is 2.